The molecule has 70 valence electrons. The summed E-state index contributed by atoms with van der Waals surface area (Å²) < 4.78 is 4.98. The SMILES string of the molecule is N[C@@H](c1ccc([N+](=O)[O-])o1)C1CC1. The standard InChI is InChI=1S/C8H10N2O3/c9-8(5-1-2-5)6-3-4-7(13-6)10(11)12/h3-5,8H,1-2,9H2/t8-/m1/s1. The van der Waals surface area contributed by atoms with Crippen LogP contribution in [-0.2, 0) is 0 Å². The summed E-state index contributed by atoms with van der Waals surface area (Å²) in [6.45, 7) is 0. The summed E-state index contributed by atoms with van der Waals surface area (Å²) >= 11 is 0. The van der Waals surface area contributed by atoms with Gasteiger partial charge in [0.1, 0.15) is 10.7 Å². The maximum atomic E-state index is 10.3. The summed E-state index contributed by atoms with van der Waals surface area (Å²) in [4.78, 5) is 9.74. The molecule has 1 fully saturated rings. The molecule has 0 amide bonds. The van der Waals surface area contributed by atoms with Crippen molar-refractivity contribution in [1.82, 2.24) is 0 Å². The molecule has 0 spiro atoms. The average Bonchev–Trinajstić information content (AvgIpc) is 2.81. The minimum absolute atomic E-state index is 0.173. The van der Waals surface area contributed by atoms with Crippen LogP contribution < -0.4 is 5.73 Å². The van der Waals surface area contributed by atoms with Crippen LogP contribution in [0, 0.1) is 16.0 Å². The van der Waals surface area contributed by atoms with Gasteiger partial charge in [0, 0.05) is 0 Å². The second kappa shape index (κ2) is 2.85. The third-order valence-electron chi connectivity index (χ3n) is 2.25. The Labute approximate surface area is 74.7 Å². The Morgan fingerprint density at radius 1 is 1.62 bits per heavy atom. The van der Waals surface area contributed by atoms with Crippen molar-refractivity contribution in [2.45, 2.75) is 18.9 Å². The van der Waals surface area contributed by atoms with Gasteiger partial charge in [0.05, 0.1) is 12.1 Å². The molecule has 1 aromatic rings. The lowest BCUT2D eigenvalue weighted by Gasteiger charge is -2.03. The molecule has 0 unspecified atom stereocenters. The summed E-state index contributed by atoms with van der Waals surface area (Å²) in [5, 5.41) is 10.3. The summed E-state index contributed by atoms with van der Waals surface area (Å²) in [7, 11) is 0. The van der Waals surface area contributed by atoms with Gasteiger partial charge in [-0.1, -0.05) is 0 Å². The molecule has 2 N–H and O–H groups in total. The van der Waals surface area contributed by atoms with Crippen LogP contribution in [0.5, 0.6) is 0 Å². The van der Waals surface area contributed by atoms with E-state index in [-0.39, 0.29) is 11.9 Å². The highest BCUT2D eigenvalue weighted by atomic mass is 16.6. The van der Waals surface area contributed by atoms with Crippen LogP contribution >= 0.6 is 0 Å². The summed E-state index contributed by atoms with van der Waals surface area (Å²) in [6, 6.07) is 2.76. The molecule has 0 aliphatic heterocycles. The van der Waals surface area contributed by atoms with Crippen LogP contribution in [0.4, 0.5) is 5.88 Å². The van der Waals surface area contributed by atoms with E-state index in [1.165, 1.54) is 6.07 Å². The van der Waals surface area contributed by atoms with Crippen LogP contribution in [0.15, 0.2) is 16.5 Å². The van der Waals surface area contributed by atoms with E-state index in [9.17, 15) is 10.1 Å². The topological polar surface area (TPSA) is 82.3 Å². The van der Waals surface area contributed by atoms with Crippen molar-refractivity contribution < 1.29 is 9.34 Å². The molecule has 0 bridgehead atoms. The normalized spacial score (nSPS) is 18.5. The molecule has 1 heterocycles. The Kier molecular flexibility index (Phi) is 1.81. The van der Waals surface area contributed by atoms with E-state index in [4.69, 9.17) is 10.2 Å². The zero-order valence-corrected chi connectivity index (χ0v) is 6.97. The minimum Gasteiger partial charge on any atom is -0.404 e. The second-order valence-corrected chi connectivity index (χ2v) is 3.30. The molecular formula is C8H10N2O3. The fraction of sp³-hybridized carbons (Fsp3) is 0.500. The van der Waals surface area contributed by atoms with Gasteiger partial charge in [-0.05, 0) is 24.8 Å². The Morgan fingerprint density at radius 3 is 2.77 bits per heavy atom. The Balaban J connectivity index is 2.16. The molecule has 13 heavy (non-hydrogen) atoms. The van der Waals surface area contributed by atoms with Crippen LogP contribution in [0.25, 0.3) is 0 Å². The number of nitrogens with two attached hydrogens (primary N) is 1. The van der Waals surface area contributed by atoms with Crippen LogP contribution in [0.3, 0.4) is 0 Å². The third kappa shape index (κ3) is 1.55. The third-order valence-corrected chi connectivity index (χ3v) is 2.25. The van der Waals surface area contributed by atoms with Gasteiger partial charge in [0.2, 0.25) is 0 Å². The van der Waals surface area contributed by atoms with E-state index >= 15 is 0 Å². The van der Waals surface area contributed by atoms with Gasteiger partial charge >= 0.3 is 5.88 Å². The highest BCUT2D eigenvalue weighted by Crippen LogP contribution is 2.40. The van der Waals surface area contributed by atoms with E-state index in [0.717, 1.165) is 12.8 Å². The lowest BCUT2D eigenvalue weighted by atomic mass is 10.1. The van der Waals surface area contributed by atoms with Crippen molar-refractivity contribution in [2.24, 2.45) is 11.7 Å². The summed E-state index contributed by atoms with van der Waals surface area (Å²) in [6.07, 6.45) is 2.19. The Hall–Kier alpha value is -1.36. The predicted molar refractivity (Wildman–Crippen MR) is 45.0 cm³/mol. The molecular weight excluding hydrogens is 172 g/mol. The van der Waals surface area contributed by atoms with Gasteiger partial charge in [0.15, 0.2) is 0 Å². The number of furan rings is 1. The van der Waals surface area contributed by atoms with E-state index in [0.29, 0.717) is 11.7 Å². The van der Waals surface area contributed by atoms with Gasteiger partial charge in [-0.15, -0.1) is 0 Å². The molecule has 1 atom stereocenters. The highest BCUT2D eigenvalue weighted by molar-refractivity contribution is 5.20. The maximum absolute atomic E-state index is 10.3. The van der Waals surface area contributed by atoms with Gasteiger partial charge in [-0.2, -0.15) is 0 Å². The lowest BCUT2D eigenvalue weighted by molar-refractivity contribution is -0.402. The quantitative estimate of drug-likeness (QED) is 0.568. The van der Waals surface area contributed by atoms with Crippen molar-refractivity contribution in [2.75, 3.05) is 0 Å². The second-order valence-electron chi connectivity index (χ2n) is 3.30. The number of nitrogens with zero attached hydrogens (tertiary/aromatic N) is 1. The lowest BCUT2D eigenvalue weighted by Crippen LogP contribution is -2.10. The largest absolute Gasteiger partial charge is 0.433 e. The van der Waals surface area contributed by atoms with E-state index in [1.54, 1.807) is 6.07 Å². The molecule has 0 saturated heterocycles. The zero-order chi connectivity index (χ0) is 9.42. The first-order valence-corrected chi connectivity index (χ1v) is 4.18. The molecule has 5 nitrogen and oxygen atoms in total. The first-order valence-electron chi connectivity index (χ1n) is 4.18. The van der Waals surface area contributed by atoms with Crippen molar-refractivity contribution in [3.8, 4) is 0 Å². The van der Waals surface area contributed by atoms with Crippen molar-refractivity contribution in [3.63, 3.8) is 0 Å². The average molecular weight is 182 g/mol. The monoisotopic (exact) mass is 182 g/mol. The summed E-state index contributed by atoms with van der Waals surface area (Å²) in [5.74, 6) is 0.742. The number of nitro groups is 1. The molecule has 0 radical (unpaired) electrons. The van der Waals surface area contributed by atoms with Gasteiger partial charge in [-0.3, -0.25) is 10.1 Å². The van der Waals surface area contributed by atoms with Gasteiger partial charge in [-0.25, -0.2) is 0 Å². The van der Waals surface area contributed by atoms with Gasteiger partial charge < -0.3 is 10.2 Å². The predicted octanol–water partition coefficient (Wildman–Crippen LogP) is 1.60. The number of rotatable bonds is 3. The molecule has 1 aliphatic carbocycles. The maximum Gasteiger partial charge on any atom is 0.433 e. The first kappa shape index (κ1) is 8.25. The van der Waals surface area contributed by atoms with Crippen molar-refractivity contribution >= 4 is 5.88 Å². The van der Waals surface area contributed by atoms with E-state index in [1.807, 2.05) is 0 Å². The van der Waals surface area contributed by atoms with Crippen LogP contribution in [0.2, 0.25) is 0 Å². The zero-order valence-electron chi connectivity index (χ0n) is 6.97. The summed E-state index contributed by atoms with van der Waals surface area (Å²) in [5.41, 5.74) is 5.80. The minimum atomic E-state index is -0.552. The van der Waals surface area contributed by atoms with E-state index < -0.39 is 4.92 Å². The van der Waals surface area contributed by atoms with Crippen molar-refractivity contribution in [1.29, 1.82) is 0 Å². The highest BCUT2D eigenvalue weighted by Gasteiger charge is 2.32. The Bertz CT molecular complexity index is 330. The van der Waals surface area contributed by atoms with Crippen LogP contribution in [0.1, 0.15) is 24.6 Å². The molecule has 0 aromatic carbocycles. The number of hydrogen-bond acceptors (Lipinski definition) is 4. The fourth-order valence-corrected chi connectivity index (χ4v) is 1.31. The molecule has 5 heteroatoms. The molecule has 1 saturated carbocycles. The fourth-order valence-electron chi connectivity index (χ4n) is 1.31. The van der Waals surface area contributed by atoms with Crippen molar-refractivity contribution in [3.05, 3.63) is 28.0 Å². The smallest absolute Gasteiger partial charge is 0.404 e. The molecule has 2 rings (SSSR count). The molecule has 1 aliphatic rings. The molecule has 1 aromatic heterocycles. The van der Waals surface area contributed by atoms with E-state index in [2.05, 4.69) is 0 Å². The number of hydrogen-bond donors (Lipinski definition) is 1. The first-order chi connectivity index (χ1) is 6.18. The van der Waals surface area contributed by atoms with Crippen LogP contribution in [-0.4, -0.2) is 4.92 Å². The van der Waals surface area contributed by atoms with Gasteiger partial charge in [0.25, 0.3) is 0 Å². The Morgan fingerprint density at radius 2 is 2.31 bits per heavy atom.